The lowest BCUT2D eigenvalue weighted by atomic mass is 9.95. The van der Waals surface area contributed by atoms with Crippen molar-refractivity contribution in [2.45, 2.75) is 25.9 Å². The Hall–Kier alpha value is -1.26. The third-order valence-corrected chi connectivity index (χ3v) is 4.15. The van der Waals surface area contributed by atoms with Gasteiger partial charge in [0, 0.05) is 43.0 Å². The van der Waals surface area contributed by atoms with E-state index in [1.807, 2.05) is 39.1 Å². The first-order chi connectivity index (χ1) is 8.89. The van der Waals surface area contributed by atoms with Crippen molar-refractivity contribution in [2.24, 2.45) is 5.73 Å². The summed E-state index contributed by atoms with van der Waals surface area (Å²) in [6.07, 6.45) is 0. The highest BCUT2D eigenvalue weighted by Gasteiger charge is 2.41. The number of rotatable bonds is 2. The summed E-state index contributed by atoms with van der Waals surface area (Å²) in [5, 5.41) is 0.655. The lowest BCUT2D eigenvalue weighted by molar-refractivity contribution is -0.136. The van der Waals surface area contributed by atoms with Crippen LogP contribution in [0.2, 0.25) is 5.02 Å². The van der Waals surface area contributed by atoms with Crippen molar-refractivity contribution < 1.29 is 4.79 Å². The number of hydrogen-bond donors (Lipinski definition) is 1. The van der Waals surface area contributed by atoms with Gasteiger partial charge in [0.1, 0.15) is 5.54 Å². The van der Waals surface area contributed by atoms with Gasteiger partial charge in [0.05, 0.1) is 0 Å². The number of likely N-dealkylation sites (N-methyl/N-ethyl adjacent to an activating group) is 1. The molecule has 0 saturated carbocycles. The van der Waals surface area contributed by atoms with Gasteiger partial charge in [-0.1, -0.05) is 17.7 Å². The molecule has 0 spiro atoms. The van der Waals surface area contributed by atoms with Crippen molar-refractivity contribution in [3.63, 3.8) is 0 Å². The molecule has 0 aliphatic carbocycles. The minimum absolute atomic E-state index is 0.113. The molecule has 1 aliphatic heterocycles. The molecule has 1 saturated heterocycles. The number of amides is 1. The number of carbonyl (C=O) groups excluding carboxylic acids is 1. The number of carbonyl (C=O) groups is 1. The summed E-state index contributed by atoms with van der Waals surface area (Å²) in [5.74, 6) is 0.113. The van der Waals surface area contributed by atoms with Crippen LogP contribution in [0.5, 0.6) is 0 Å². The number of benzene rings is 1. The highest BCUT2D eigenvalue weighted by molar-refractivity contribution is 6.31. The van der Waals surface area contributed by atoms with E-state index in [0.29, 0.717) is 18.1 Å². The zero-order chi connectivity index (χ0) is 14.2. The van der Waals surface area contributed by atoms with Crippen LogP contribution in [0.1, 0.15) is 19.4 Å². The van der Waals surface area contributed by atoms with Crippen molar-refractivity contribution >= 4 is 23.2 Å². The molecule has 1 aliphatic rings. The fourth-order valence-electron chi connectivity index (χ4n) is 2.64. The molecule has 1 heterocycles. The second-order valence-corrected chi connectivity index (χ2v) is 5.79. The first-order valence-corrected chi connectivity index (χ1v) is 6.78. The van der Waals surface area contributed by atoms with E-state index in [9.17, 15) is 4.79 Å². The van der Waals surface area contributed by atoms with Crippen LogP contribution in [0.15, 0.2) is 18.2 Å². The van der Waals surface area contributed by atoms with Crippen LogP contribution in [0, 0.1) is 0 Å². The molecule has 0 unspecified atom stereocenters. The summed E-state index contributed by atoms with van der Waals surface area (Å²) < 4.78 is 0. The maximum absolute atomic E-state index is 12.3. The molecule has 4 nitrogen and oxygen atoms in total. The quantitative estimate of drug-likeness (QED) is 0.900. The van der Waals surface area contributed by atoms with Gasteiger partial charge in [-0.15, -0.1) is 0 Å². The molecule has 2 N–H and O–H groups in total. The molecule has 1 aromatic carbocycles. The van der Waals surface area contributed by atoms with E-state index in [2.05, 4.69) is 4.90 Å². The molecule has 1 amide bonds. The molecule has 104 valence electrons. The number of hydrogen-bond acceptors (Lipinski definition) is 3. The fourth-order valence-corrected chi connectivity index (χ4v) is 2.88. The Morgan fingerprint density at radius 3 is 2.68 bits per heavy atom. The number of anilines is 1. The minimum atomic E-state index is -0.582. The normalized spacial score (nSPS) is 18.9. The van der Waals surface area contributed by atoms with Gasteiger partial charge < -0.3 is 15.5 Å². The van der Waals surface area contributed by atoms with Crippen LogP contribution in [-0.4, -0.2) is 36.5 Å². The molecular weight excluding hydrogens is 262 g/mol. The average molecular weight is 282 g/mol. The lowest BCUT2D eigenvalue weighted by Gasteiger charge is -2.46. The molecule has 5 heteroatoms. The fraction of sp³-hybridized carbons (Fsp3) is 0.500. The minimum Gasteiger partial charge on any atom is -0.355 e. The largest absolute Gasteiger partial charge is 0.355 e. The van der Waals surface area contributed by atoms with Crippen LogP contribution >= 0.6 is 11.6 Å². The molecule has 0 atom stereocenters. The smallest absolute Gasteiger partial charge is 0.247 e. The predicted octanol–water partition coefficient (Wildman–Crippen LogP) is 1.86. The first kappa shape index (κ1) is 14.2. The second-order valence-electron chi connectivity index (χ2n) is 5.38. The van der Waals surface area contributed by atoms with Crippen LogP contribution in [0.25, 0.3) is 0 Å². The number of nitrogens with zero attached hydrogens (tertiary/aromatic N) is 2. The van der Waals surface area contributed by atoms with Gasteiger partial charge >= 0.3 is 0 Å². The van der Waals surface area contributed by atoms with Crippen molar-refractivity contribution in [3.05, 3.63) is 28.8 Å². The standard InChI is InChI=1S/C14H20ClN3O/c1-14(2)13(19)17(3)7-8-18(14)12-6-4-5-11(15)10(12)9-16/h4-6H,7-9,16H2,1-3H3. The SMILES string of the molecule is CN1CCN(c2cccc(Cl)c2CN)C(C)(C)C1=O. The predicted molar refractivity (Wildman–Crippen MR) is 78.4 cm³/mol. The van der Waals surface area contributed by atoms with Gasteiger partial charge in [-0.3, -0.25) is 4.79 Å². The van der Waals surface area contributed by atoms with E-state index >= 15 is 0 Å². The summed E-state index contributed by atoms with van der Waals surface area (Å²) in [4.78, 5) is 16.2. The highest BCUT2D eigenvalue weighted by atomic mass is 35.5. The van der Waals surface area contributed by atoms with Crippen LogP contribution in [-0.2, 0) is 11.3 Å². The van der Waals surface area contributed by atoms with E-state index in [1.165, 1.54) is 0 Å². The van der Waals surface area contributed by atoms with Crippen LogP contribution in [0.4, 0.5) is 5.69 Å². The molecule has 19 heavy (non-hydrogen) atoms. The van der Waals surface area contributed by atoms with E-state index in [0.717, 1.165) is 17.8 Å². The molecule has 2 rings (SSSR count). The molecule has 1 aromatic rings. The van der Waals surface area contributed by atoms with E-state index in [1.54, 1.807) is 4.90 Å². The highest BCUT2D eigenvalue weighted by Crippen LogP contribution is 2.34. The van der Waals surface area contributed by atoms with Gasteiger partial charge in [0.15, 0.2) is 0 Å². The zero-order valence-electron chi connectivity index (χ0n) is 11.6. The number of halogens is 1. The van der Waals surface area contributed by atoms with Crippen LogP contribution in [0.3, 0.4) is 0 Å². The lowest BCUT2D eigenvalue weighted by Crippen LogP contribution is -2.62. The van der Waals surface area contributed by atoms with Gasteiger partial charge in [0.25, 0.3) is 0 Å². The average Bonchev–Trinajstić information content (AvgIpc) is 2.36. The summed E-state index contributed by atoms with van der Waals surface area (Å²) >= 11 is 6.20. The van der Waals surface area contributed by atoms with Crippen molar-refractivity contribution in [3.8, 4) is 0 Å². The third-order valence-electron chi connectivity index (χ3n) is 3.79. The van der Waals surface area contributed by atoms with E-state index < -0.39 is 5.54 Å². The van der Waals surface area contributed by atoms with Crippen molar-refractivity contribution in [1.29, 1.82) is 0 Å². The third kappa shape index (κ3) is 2.30. The Morgan fingerprint density at radius 1 is 1.37 bits per heavy atom. The Bertz CT molecular complexity index is 501. The summed E-state index contributed by atoms with van der Waals surface area (Å²) in [7, 11) is 1.84. The van der Waals surface area contributed by atoms with Gasteiger partial charge in [-0.2, -0.15) is 0 Å². The second kappa shape index (κ2) is 5.02. The molecular formula is C14H20ClN3O. The summed E-state index contributed by atoms with van der Waals surface area (Å²) in [6, 6.07) is 5.71. The molecule has 0 aromatic heterocycles. The maximum atomic E-state index is 12.3. The summed E-state index contributed by atoms with van der Waals surface area (Å²) in [6.45, 7) is 5.73. The Balaban J connectivity index is 2.47. The summed E-state index contributed by atoms with van der Waals surface area (Å²) in [5.41, 5.74) is 7.08. The van der Waals surface area contributed by atoms with Crippen molar-refractivity contribution in [2.75, 3.05) is 25.0 Å². The molecule has 0 bridgehead atoms. The first-order valence-electron chi connectivity index (χ1n) is 6.40. The molecule has 1 fully saturated rings. The number of piperazine rings is 1. The molecule has 0 radical (unpaired) electrons. The van der Waals surface area contributed by atoms with Crippen LogP contribution < -0.4 is 10.6 Å². The van der Waals surface area contributed by atoms with E-state index in [4.69, 9.17) is 17.3 Å². The monoisotopic (exact) mass is 281 g/mol. The van der Waals surface area contributed by atoms with Crippen molar-refractivity contribution in [1.82, 2.24) is 4.90 Å². The zero-order valence-corrected chi connectivity index (χ0v) is 12.4. The Morgan fingerprint density at radius 2 is 2.05 bits per heavy atom. The topological polar surface area (TPSA) is 49.6 Å². The van der Waals surface area contributed by atoms with Gasteiger partial charge in [-0.05, 0) is 26.0 Å². The van der Waals surface area contributed by atoms with Gasteiger partial charge in [0.2, 0.25) is 5.91 Å². The van der Waals surface area contributed by atoms with E-state index in [-0.39, 0.29) is 5.91 Å². The number of nitrogens with two attached hydrogens (primary N) is 1. The Labute approximate surface area is 119 Å². The van der Waals surface area contributed by atoms with Gasteiger partial charge in [-0.25, -0.2) is 0 Å². The Kier molecular flexibility index (Phi) is 3.74. The maximum Gasteiger partial charge on any atom is 0.247 e.